The lowest BCUT2D eigenvalue weighted by Gasteiger charge is -2.37. The van der Waals surface area contributed by atoms with Crippen LogP contribution in [0, 0.1) is 11.8 Å². The van der Waals surface area contributed by atoms with Crippen LogP contribution in [0.3, 0.4) is 0 Å². The Kier molecular flexibility index (Phi) is 6.29. The molecule has 2 atom stereocenters. The van der Waals surface area contributed by atoms with Gasteiger partial charge in [0.1, 0.15) is 11.4 Å². The van der Waals surface area contributed by atoms with Gasteiger partial charge in [-0.3, -0.25) is 9.59 Å². The van der Waals surface area contributed by atoms with Gasteiger partial charge < -0.3 is 9.64 Å². The second-order valence-electron chi connectivity index (χ2n) is 9.16. The maximum atomic E-state index is 13.7. The van der Waals surface area contributed by atoms with Gasteiger partial charge >= 0.3 is 0 Å². The molecule has 2 aromatic rings. The van der Waals surface area contributed by atoms with Gasteiger partial charge in [0, 0.05) is 13.1 Å². The molecule has 4 rings (SSSR count). The van der Waals surface area contributed by atoms with Crippen molar-refractivity contribution in [3.63, 3.8) is 0 Å². The van der Waals surface area contributed by atoms with Crippen molar-refractivity contribution in [1.82, 2.24) is 4.90 Å². The van der Waals surface area contributed by atoms with Gasteiger partial charge in [0.05, 0.1) is 22.4 Å². The third-order valence-corrected chi connectivity index (χ3v) is 6.17. The zero-order chi connectivity index (χ0) is 23.0. The first-order chi connectivity index (χ1) is 15.3. The van der Waals surface area contributed by atoms with Crippen LogP contribution in [-0.4, -0.2) is 35.9 Å². The van der Waals surface area contributed by atoms with Gasteiger partial charge in [-0.2, -0.15) is 0 Å². The molecule has 1 fully saturated rings. The van der Waals surface area contributed by atoms with Crippen molar-refractivity contribution in [2.45, 2.75) is 40.2 Å². The van der Waals surface area contributed by atoms with Gasteiger partial charge in [-0.25, -0.2) is 4.90 Å². The van der Waals surface area contributed by atoms with Gasteiger partial charge in [-0.15, -0.1) is 0 Å². The lowest BCUT2D eigenvalue weighted by atomic mass is 9.91. The van der Waals surface area contributed by atoms with E-state index in [-0.39, 0.29) is 17.9 Å². The fourth-order valence-electron chi connectivity index (χ4n) is 4.74. The molecular weight excluding hydrogens is 424 g/mol. The highest BCUT2D eigenvalue weighted by Crippen LogP contribution is 2.39. The molecule has 0 radical (unpaired) electrons. The summed E-state index contributed by atoms with van der Waals surface area (Å²) in [5.41, 5.74) is 2.00. The number of para-hydroxylation sites is 1. The molecule has 0 aromatic heterocycles. The maximum absolute atomic E-state index is 13.7. The summed E-state index contributed by atoms with van der Waals surface area (Å²) in [6.45, 7) is 9.80. The molecular formula is C26H29ClN2O3. The number of hydrogen-bond acceptors (Lipinski definition) is 4. The Morgan fingerprint density at radius 2 is 1.56 bits per heavy atom. The molecule has 0 saturated carbocycles. The van der Waals surface area contributed by atoms with Gasteiger partial charge in [-0.05, 0) is 61.9 Å². The number of benzene rings is 2. The van der Waals surface area contributed by atoms with E-state index in [1.807, 2.05) is 38.1 Å². The first-order valence-corrected chi connectivity index (χ1v) is 11.5. The van der Waals surface area contributed by atoms with Crippen LogP contribution in [0.25, 0.3) is 5.57 Å². The minimum atomic E-state index is -0.346. The number of carbonyl (C=O) groups is 2. The first kappa shape index (κ1) is 22.4. The quantitative estimate of drug-likeness (QED) is 0.571. The van der Waals surface area contributed by atoms with Gasteiger partial charge in [-0.1, -0.05) is 49.7 Å². The predicted octanol–water partition coefficient (Wildman–Crippen LogP) is 5.39. The van der Waals surface area contributed by atoms with Crippen LogP contribution in [0.15, 0.2) is 54.2 Å². The smallest absolute Gasteiger partial charge is 0.282 e. The van der Waals surface area contributed by atoms with Crippen LogP contribution in [0.4, 0.5) is 5.69 Å². The number of amides is 2. The lowest BCUT2D eigenvalue weighted by Crippen LogP contribution is -2.42. The van der Waals surface area contributed by atoms with Crippen molar-refractivity contribution < 1.29 is 14.3 Å². The molecule has 2 amide bonds. The number of carbonyl (C=O) groups excluding carboxylic acids is 2. The fourth-order valence-corrected chi connectivity index (χ4v) is 4.96. The monoisotopic (exact) mass is 452 g/mol. The Morgan fingerprint density at radius 3 is 2.16 bits per heavy atom. The van der Waals surface area contributed by atoms with Gasteiger partial charge in [0.25, 0.3) is 11.8 Å². The van der Waals surface area contributed by atoms with E-state index in [9.17, 15) is 9.59 Å². The molecule has 0 aliphatic carbocycles. The number of anilines is 1. The van der Waals surface area contributed by atoms with Gasteiger partial charge in [0.2, 0.25) is 0 Å². The van der Waals surface area contributed by atoms with E-state index in [0.29, 0.717) is 39.4 Å². The van der Waals surface area contributed by atoms with E-state index in [0.717, 1.165) is 25.3 Å². The van der Waals surface area contributed by atoms with Crippen molar-refractivity contribution in [2.24, 2.45) is 11.8 Å². The molecule has 2 aliphatic rings. The minimum absolute atomic E-state index is 0.0531. The van der Waals surface area contributed by atoms with E-state index in [1.165, 1.54) is 4.90 Å². The number of rotatable bonds is 5. The number of piperidine rings is 1. The summed E-state index contributed by atoms with van der Waals surface area (Å²) in [4.78, 5) is 30.7. The number of ether oxygens (including phenoxy) is 1. The highest BCUT2D eigenvalue weighted by molar-refractivity contribution is 6.47. The Morgan fingerprint density at radius 1 is 0.938 bits per heavy atom. The fraction of sp³-hybridized carbons (Fsp3) is 0.385. The molecule has 0 N–H and O–H groups in total. The average molecular weight is 453 g/mol. The van der Waals surface area contributed by atoms with Crippen LogP contribution in [0.2, 0.25) is 5.02 Å². The summed E-state index contributed by atoms with van der Waals surface area (Å²) in [5, 5.41) is 0.371. The third kappa shape index (κ3) is 4.26. The first-order valence-electron chi connectivity index (χ1n) is 11.2. The zero-order valence-electron chi connectivity index (χ0n) is 19.0. The zero-order valence-corrected chi connectivity index (χ0v) is 19.7. The van der Waals surface area contributed by atoms with Crippen molar-refractivity contribution in [1.29, 1.82) is 0 Å². The Bertz CT molecular complexity index is 1050. The van der Waals surface area contributed by atoms with Crippen molar-refractivity contribution >= 4 is 34.7 Å². The van der Waals surface area contributed by atoms with Crippen LogP contribution in [0.5, 0.6) is 5.75 Å². The van der Waals surface area contributed by atoms with E-state index in [2.05, 4.69) is 18.7 Å². The second kappa shape index (κ2) is 8.99. The predicted molar refractivity (Wildman–Crippen MR) is 128 cm³/mol. The second-order valence-corrected chi connectivity index (χ2v) is 9.57. The molecule has 2 aliphatic heterocycles. The van der Waals surface area contributed by atoms with E-state index < -0.39 is 0 Å². The summed E-state index contributed by atoms with van der Waals surface area (Å²) in [7, 11) is 0. The number of imide groups is 1. The standard InChI is InChI=1S/C26H29ClN2O3/c1-16(2)32-20-11-9-19(10-12-20)23-24(28-14-17(3)13-18(4)15-28)26(31)29(25(23)30)22-8-6-5-7-21(22)27/h5-12,16-18H,13-15H2,1-4H3. The highest BCUT2D eigenvalue weighted by Gasteiger charge is 2.44. The minimum Gasteiger partial charge on any atom is -0.491 e. The molecule has 32 heavy (non-hydrogen) atoms. The average Bonchev–Trinajstić information content (AvgIpc) is 2.98. The van der Waals surface area contributed by atoms with Crippen LogP contribution in [-0.2, 0) is 9.59 Å². The topological polar surface area (TPSA) is 49.9 Å². The molecule has 6 heteroatoms. The molecule has 5 nitrogen and oxygen atoms in total. The highest BCUT2D eigenvalue weighted by atomic mass is 35.5. The number of hydrogen-bond donors (Lipinski definition) is 0. The van der Waals surface area contributed by atoms with Crippen LogP contribution < -0.4 is 9.64 Å². The maximum Gasteiger partial charge on any atom is 0.282 e. The SMILES string of the molecule is CC1CC(C)CN(C2=C(c3ccc(OC(C)C)cc3)C(=O)N(c3ccccc3Cl)C2=O)C1. The Hall–Kier alpha value is -2.79. The van der Waals surface area contributed by atoms with Crippen molar-refractivity contribution in [2.75, 3.05) is 18.0 Å². The Balaban J connectivity index is 1.80. The molecule has 2 aromatic carbocycles. The third-order valence-electron chi connectivity index (χ3n) is 5.85. The number of nitrogens with zero attached hydrogens (tertiary/aromatic N) is 2. The summed E-state index contributed by atoms with van der Waals surface area (Å²) in [5.74, 6) is 0.937. The number of halogens is 1. The van der Waals surface area contributed by atoms with Crippen molar-refractivity contribution in [3.8, 4) is 5.75 Å². The summed E-state index contributed by atoms with van der Waals surface area (Å²) >= 11 is 6.38. The van der Waals surface area contributed by atoms with E-state index in [4.69, 9.17) is 16.3 Å². The molecule has 1 saturated heterocycles. The molecule has 2 unspecified atom stereocenters. The lowest BCUT2D eigenvalue weighted by molar-refractivity contribution is -0.120. The Labute approximate surface area is 194 Å². The van der Waals surface area contributed by atoms with Crippen molar-refractivity contribution in [3.05, 3.63) is 64.8 Å². The van der Waals surface area contributed by atoms with E-state index in [1.54, 1.807) is 24.3 Å². The summed E-state index contributed by atoms with van der Waals surface area (Å²) in [6, 6.07) is 14.4. The summed E-state index contributed by atoms with van der Waals surface area (Å²) < 4.78 is 5.75. The van der Waals surface area contributed by atoms with Crippen LogP contribution >= 0.6 is 11.6 Å². The largest absolute Gasteiger partial charge is 0.491 e. The van der Waals surface area contributed by atoms with Crippen LogP contribution in [0.1, 0.15) is 39.7 Å². The normalized spacial score (nSPS) is 21.7. The molecule has 168 valence electrons. The summed E-state index contributed by atoms with van der Waals surface area (Å²) in [6.07, 6.45) is 1.16. The van der Waals surface area contributed by atoms with Gasteiger partial charge in [0.15, 0.2) is 0 Å². The number of likely N-dealkylation sites (tertiary alicyclic amines) is 1. The molecule has 0 spiro atoms. The molecule has 2 heterocycles. The molecule has 0 bridgehead atoms. The van der Waals surface area contributed by atoms with E-state index >= 15 is 0 Å².